The molecule has 8 heteroatoms. The van der Waals surface area contributed by atoms with Crippen LogP contribution in [0.5, 0.6) is 0 Å². The zero-order valence-electron chi connectivity index (χ0n) is 13.7. The number of aliphatic hydroxyl groups excluding tert-OH is 1. The van der Waals surface area contributed by atoms with E-state index in [-0.39, 0.29) is 11.4 Å². The lowest BCUT2D eigenvalue weighted by Crippen LogP contribution is -2.42. The van der Waals surface area contributed by atoms with E-state index in [1.807, 2.05) is 0 Å². The summed E-state index contributed by atoms with van der Waals surface area (Å²) in [4.78, 5) is 8.50. The van der Waals surface area contributed by atoms with Gasteiger partial charge in [0.05, 0.1) is 11.0 Å². The van der Waals surface area contributed by atoms with Crippen LogP contribution in [0.4, 0.5) is 11.6 Å². The summed E-state index contributed by atoms with van der Waals surface area (Å²) in [6.07, 6.45) is 5.64. The lowest BCUT2D eigenvalue weighted by Gasteiger charge is -2.29. The molecule has 2 aromatic rings. The molecule has 1 aromatic heterocycles. The maximum absolute atomic E-state index is 12.6. The number of aliphatic hydroxyl groups is 1. The Morgan fingerprint density at radius 2 is 1.92 bits per heavy atom. The van der Waals surface area contributed by atoms with Gasteiger partial charge in [-0.05, 0) is 37.1 Å². The van der Waals surface area contributed by atoms with E-state index in [1.54, 1.807) is 30.6 Å². The van der Waals surface area contributed by atoms with Crippen molar-refractivity contribution in [3.05, 3.63) is 48.8 Å². The Morgan fingerprint density at radius 3 is 2.52 bits per heavy atom. The van der Waals surface area contributed by atoms with E-state index in [2.05, 4.69) is 21.9 Å². The van der Waals surface area contributed by atoms with Crippen LogP contribution in [0, 0.1) is 0 Å². The van der Waals surface area contributed by atoms with Gasteiger partial charge < -0.3 is 10.4 Å². The molecular formula is C17H20N4O3S. The summed E-state index contributed by atoms with van der Waals surface area (Å²) in [5, 5.41) is 12.7. The molecule has 7 nitrogen and oxygen atoms in total. The zero-order valence-corrected chi connectivity index (χ0v) is 14.5. The van der Waals surface area contributed by atoms with E-state index in [0.717, 1.165) is 5.56 Å². The van der Waals surface area contributed by atoms with E-state index in [1.165, 1.54) is 16.4 Å². The van der Waals surface area contributed by atoms with E-state index in [0.29, 0.717) is 31.0 Å². The number of hydrogen-bond donors (Lipinski definition) is 2. The second-order valence-electron chi connectivity index (χ2n) is 5.85. The Bertz CT molecular complexity index is 835. The van der Waals surface area contributed by atoms with Crippen molar-refractivity contribution < 1.29 is 13.5 Å². The van der Waals surface area contributed by atoms with Gasteiger partial charge in [-0.1, -0.05) is 12.7 Å². The van der Waals surface area contributed by atoms with Crippen LogP contribution in [-0.4, -0.2) is 47.0 Å². The van der Waals surface area contributed by atoms with E-state index in [4.69, 9.17) is 0 Å². The highest BCUT2D eigenvalue weighted by molar-refractivity contribution is 7.89. The van der Waals surface area contributed by atoms with Gasteiger partial charge in [-0.2, -0.15) is 4.31 Å². The smallest absolute Gasteiger partial charge is 0.243 e. The second-order valence-corrected chi connectivity index (χ2v) is 7.79. The Kier molecular flexibility index (Phi) is 5.12. The first-order chi connectivity index (χ1) is 12.0. The van der Waals surface area contributed by atoms with Crippen LogP contribution < -0.4 is 5.32 Å². The molecule has 0 bridgehead atoms. The molecular weight excluding hydrogens is 340 g/mol. The van der Waals surface area contributed by atoms with Gasteiger partial charge in [-0.25, -0.2) is 18.4 Å². The fourth-order valence-corrected chi connectivity index (χ4v) is 4.15. The van der Waals surface area contributed by atoms with Crippen LogP contribution in [-0.2, 0) is 10.0 Å². The minimum absolute atomic E-state index is 0.145. The third kappa shape index (κ3) is 4.04. The summed E-state index contributed by atoms with van der Waals surface area (Å²) >= 11 is 0. The fraction of sp³-hybridized carbons (Fsp3) is 0.294. The molecule has 1 unspecified atom stereocenters. The Morgan fingerprint density at radius 1 is 1.24 bits per heavy atom. The predicted octanol–water partition coefficient (Wildman–Crippen LogP) is 2.01. The minimum atomic E-state index is -3.59. The maximum Gasteiger partial charge on any atom is 0.243 e. The van der Waals surface area contributed by atoms with Gasteiger partial charge in [0.2, 0.25) is 16.0 Å². The Hall–Kier alpha value is -2.29. The highest BCUT2D eigenvalue weighted by Crippen LogP contribution is 2.23. The number of aromatic nitrogens is 2. The van der Waals surface area contributed by atoms with Gasteiger partial charge in [0, 0.05) is 36.7 Å². The van der Waals surface area contributed by atoms with Gasteiger partial charge >= 0.3 is 0 Å². The van der Waals surface area contributed by atoms with Crippen molar-refractivity contribution >= 4 is 27.7 Å². The number of nitrogens with one attached hydrogen (secondary N) is 1. The second kappa shape index (κ2) is 7.30. The van der Waals surface area contributed by atoms with Crippen LogP contribution in [0.25, 0.3) is 6.08 Å². The molecule has 25 heavy (non-hydrogen) atoms. The summed E-state index contributed by atoms with van der Waals surface area (Å²) in [5.41, 5.74) is 1.50. The van der Waals surface area contributed by atoms with Gasteiger partial charge in [0.15, 0.2) is 0 Å². The van der Waals surface area contributed by atoms with Crippen LogP contribution in [0.2, 0.25) is 0 Å². The highest BCUT2D eigenvalue weighted by atomic mass is 32.2. The third-order valence-electron chi connectivity index (χ3n) is 4.01. The normalized spacial score (nSPS) is 18.7. The monoisotopic (exact) mass is 360 g/mol. The summed E-state index contributed by atoms with van der Waals surface area (Å²) in [6, 6.07) is 6.41. The van der Waals surface area contributed by atoms with Crippen molar-refractivity contribution in [2.24, 2.45) is 0 Å². The first-order valence-corrected chi connectivity index (χ1v) is 9.43. The molecule has 1 fully saturated rings. The van der Waals surface area contributed by atoms with Crippen molar-refractivity contribution in [2.75, 3.05) is 18.4 Å². The highest BCUT2D eigenvalue weighted by Gasteiger charge is 2.29. The molecule has 1 aliphatic rings. The SMILES string of the molecule is C=Cc1cnc(Nc2ccc(S(=O)(=O)N3CCCC(O)C3)cc2)nc1. The predicted molar refractivity (Wildman–Crippen MR) is 95.8 cm³/mol. The zero-order chi connectivity index (χ0) is 17.9. The van der Waals surface area contributed by atoms with Crippen molar-refractivity contribution in [2.45, 2.75) is 23.8 Å². The molecule has 132 valence electrons. The number of benzene rings is 1. The topological polar surface area (TPSA) is 95.4 Å². The molecule has 2 heterocycles. The van der Waals surface area contributed by atoms with Crippen LogP contribution >= 0.6 is 0 Å². The summed E-state index contributed by atoms with van der Waals surface area (Å²) < 4.78 is 26.6. The molecule has 1 atom stereocenters. The summed E-state index contributed by atoms with van der Waals surface area (Å²) in [5.74, 6) is 0.417. The molecule has 1 aromatic carbocycles. The number of sulfonamides is 1. The van der Waals surface area contributed by atoms with E-state index >= 15 is 0 Å². The molecule has 0 amide bonds. The molecule has 0 radical (unpaired) electrons. The van der Waals surface area contributed by atoms with E-state index < -0.39 is 16.1 Å². The Balaban J connectivity index is 1.73. The lowest BCUT2D eigenvalue weighted by molar-refractivity contribution is 0.108. The molecule has 1 saturated heterocycles. The lowest BCUT2D eigenvalue weighted by atomic mass is 10.1. The molecule has 1 aliphatic heterocycles. The van der Waals surface area contributed by atoms with E-state index in [9.17, 15) is 13.5 Å². The average molecular weight is 360 g/mol. The number of β-amino-alcohol motifs (C(OH)–C–C–N with tert-alkyl or cyclic N) is 1. The molecule has 2 N–H and O–H groups in total. The molecule has 0 aliphatic carbocycles. The van der Waals surface area contributed by atoms with Gasteiger partial charge in [-0.15, -0.1) is 0 Å². The van der Waals surface area contributed by atoms with Crippen LogP contribution in [0.3, 0.4) is 0 Å². The first kappa shape index (κ1) is 17.5. The van der Waals surface area contributed by atoms with Gasteiger partial charge in [0.25, 0.3) is 0 Å². The third-order valence-corrected chi connectivity index (χ3v) is 5.89. The van der Waals surface area contributed by atoms with Crippen molar-refractivity contribution in [1.29, 1.82) is 0 Å². The van der Waals surface area contributed by atoms with Crippen molar-refractivity contribution in [3.8, 4) is 0 Å². The number of hydrogen-bond acceptors (Lipinski definition) is 6. The van der Waals surface area contributed by atoms with Crippen LogP contribution in [0.1, 0.15) is 18.4 Å². The number of anilines is 2. The first-order valence-electron chi connectivity index (χ1n) is 7.99. The largest absolute Gasteiger partial charge is 0.392 e. The number of piperidine rings is 1. The molecule has 3 rings (SSSR count). The Labute approximate surface area is 147 Å². The van der Waals surface area contributed by atoms with Gasteiger partial charge in [-0.3, -0.25) is 0 Å². The summed E-state index contributed by atoms with van der Waals surface area (Å²) in [6.45, 7) is 4.22. The average Bonchev–Trinajstić information content (AvgIpc) is 2.63. The minimum Gasteiger partial charge on any atom is -0.392 e. The number of rotatable bonds is 5. The fourth-order valence-electron chi connectivity index (χ4n) is 2.64. The molecule has 0 spiro atoms. The standard InChI is InChI=1S/C17H20N4O3S/c1-2-13-10-18-17(19-11-13)20-14-5-7-16(8-6-14)25(23,24)21-9-3-4-15(22)12-21/h2,5-8,10-11,15,22H,1,3-4,9,12H2,(H,18,19,20). The maximum atomic E-state index is 12.6. The van der Waals surface area contributed by atoms with Crippen molar-refractivity contribution in [1.82, 2.24) is 14.3 Å². The quantitative estimate of drug-likeness (QED) is 0.847. The molecule has 0 saturated carbocycles. The summed E-state index contributed by atoms with van der Waals surface area (Å²) in [7, 11) is -3.59. The van der Waals surface area contributed by atoms with Crippen LogP contribution in [0.15, 0.2) is 48.1 Å². The number of nitrogens with zero attached hydrogens (tertiary/aromatic N) is 3. The van der Waals surface area contributed by atoms with Crippen molar-refractivity contribution in [3.63, 3.8) is 0 Å². The van der Waals surface area contributed by atoms with Gasteiger partial charge in [0.1, 0.15) is 0 Å².